The zero-order chi connectivity index (χ0) is 28.3. The van der Waals surface area contributed by atoms with E-state index in [0.717, 1.165) is 48.4 Å². The van der Waals surface area contributed by atoms with Gasteiger partial charge in [-0.2, -0.15) is 0 Å². The second-order valence-electron chi connectivity index (χ2n) is 9.71. The summed E-state index contributed by atoms with van der Waals surface area (Å²) in [4.78, 5) is 32.9. The Balaban J connectivity index is 0.000000588. The van der Waals surface area contributed by atoms with Crippen LogP contribution in [0.5, 0.6) is 0 Å². The third-order valence-corrected chi connectivity index (χ3v) is 6.18. The van der Waals surface area contributed by atoms with E-state index in [2.05, 4.69) is 43.7 Å². The summed E-state index contributed by atoms with van der Waals surface area (Å²) in [6, 6.07) is 11.1. The van der Waals surface area contributed by atoms with Crippen molar-refractivity contribution in [1.29, 1.82) is 0 Å². The van der Waals surface area contributed by atoms with Crippen molar-refractivity contribution in [2.24, 2.45) is 5.92 Å². The number of carbonyl (C=O) groups is 2. The van der Waals surface area contributed by atoms with E-state index in [0.29, 0.717) is 30.2 Å². The molecular formula is C31H48N2O4S. The summed E-state index contributed by atoms with van der Waals surface area (Å²) in [5.41, 5.74) is 4.05. The number of aryl methyl sites for hydroxylation is 2. The average Bonchev–Trinajstić information content (AvgIpc) is 3.32. The van der Waals surface area contributed by atoms with Crippen molar-refractivity contribution in [2.45, 2.75) is 92.9 Å². The van der Waals surface area contributed by atoms with E-state index >= 15 is 0 Å². The molecule has 0 atom stereocenters. The number of nitrogens with zero attached hydrogens (tertiary/aromatic N) is 2. The largest absolute Gasteiger partial charge is 0.462 e. The molecule has 4 rings (SSSR count). The molecule has 7 heteroatoms. The number of ether oxygens (including phenoxy) is 1. The lowest BCUT2D eigenvalue weighted by molar-refractivity contribution is 0.0526. The van der Waals surface area contributed by atoms with Crippen molar-refractivity contribution in [2.75, 3.05) is 13.2 Å². The maximum atomic E-state index is 11.9. The molecule has 2 aromatic heterocycles. The number of aliphatic hydroxyl groups is 1. The number of benzene rings is 1. The molecule has 2 heterocycles. The van der Waals surface area contributed by atoms with E-state index in [-0.39, 0.29) is 13.2 Å². The smallest absolute Gasteiger partial charge is 0.338 e. The summed E-state index contributed by atoms with van der Waals surface area (Å²) in [6.07, 6.45) is 8.14. The van der Waals surface area contributed by atoms with Crippen molar-refractivity contribution in [1.82, 2.24) is 9.97 Å². The SMILES string of the molecule is CC(C)C.CCCC(=O)c1nc2cc3c(nc2s1)CCCC3.CCCCO.CCOC(=O)c1ccccc1.[HH]. The molecule has 0 amide bonds. The van der Waals surface area contributed by atoms with Crippen LogP contribution in [0.3, 0.4) is 0 Å². The first kappa shape index (κ1) is 33.4. The third-order valence-electron chi connectivity index (χ3n) is 5.17. The van der Waals surface area contributed by atoms with Gasteiger partial charge in [0, 0.05) is 20.1 Å². The van der Waals surface area contributed by atoms with Crippen LogP contribution in [0.1, 0.15) is 113 Å². The number of carbonyl (C=O) groups excluding carboxylic acids is 2. The van der Waals surface area contributed by atoms with Gasteiger partial charge in [-0.25, -0.2) is 14.8 Å². The first-order valence-corrected chi connectivity index (χ1v) is 14.7. The van der Waals surface area contributed by atoms with Crippen molar-refractivity contribution < 1.29 is 20.9 Å². The molecule has 0 bridgehead atoms. The van der Waals surface area contributed by atoms with Crippen molar-refractivity contribution in [3.63, 3.8) is 0 Å². The normalized spacial score (nSPS) is 11.7. The summed E-state index contributed by atoms with van der Waals surface area (Å²) in [7, 11) is 0. The van der Waals surface area contributed by atoms with Gasteiger partial charge in [-0.05, 0) is 75.1 Å². The molecule has 1 aliphatic carbocycles. The second-order valence-corrected chi connectivity index (χ2v) is 10.7. The number of rotatable bonds is 7. The molecule has 1 aliphatic rings. The lowest BCUT2D eigenvalue weighted by Gasteiger charge is -2.13. The molecule has 1 N–H and O–H groups in total. The lowest BCUT2D eigenvalue weighted by atomic mass is 9.96. The van der Waals surface area contributed by atoms with Gasteiger partial charge in [0.25, 0.3) is 0 Å². The van der Waals surface area contributed by atoms with Crippen LogP contribution in [0.15, 0.2) is 36.4 Å². The third kappa shape index (κ3) is 12.7. The van der Waals surface area contributed by atoms with Gasteiger partial charge in [-0.3, -0.25) is 4.79 Å². The highest BCUT2D eigenvalue weighted by atomic mass is 32.1. The maximum absolute atomic E-state index is 11.9. The molecule has 212 valence electrons. The van der Waals surface area contributed by atoms with Gasteiger partial charge in [0.1, 0.15) is 10.3 Å². The number of fused-ring (bicyclic) bond motifs is 2. The minimum Gasteiger partial charge on any atom is -0.462 e. The fraction of sp³-hybridized carbons (Fsp3) is 0.548. The number of ketones is 1. The lowest BCUT2D eigenvalue weighted by Crippen LogP contribution is -2.04. The second kappa shape index (κ2) is 19.4. The number of unbranched alkanes of at least 4 members (excludes halogenated alkanes) is 1. The molecule has 0 unspecified atom stereocenters. The van der Waals surface area contributed by atoms with E-state index in [9.17, 15) is 9.59 Å². The fourth-order valence-electron chi connectivity index (χ4n) is 3.38. The van der Waals surface area contributed by atoms with Gasteiger partial charge in [-0.15, -0.1) is 0 Å². The molecule has 6 nitrogen and oxygen atoms in total. The van der Waals surface area contributed by atoms with Gasteiger partial charge >= 0.3 is 5.97 Å². The Kier molecular flexibility index (Phi) is 17.1. The molecule has 0 aliphatic heterocycles. The monoisotopic (exact) mass is 544 g/mol. The van der Waals surface area contributed by atoms with Gasteiger partial charge in [0.05, 0.1) is 12.2 Å². The van der Waals surface area contributed by atoms with Crippen molar-refractivity contribution >= 4 is 33.4 Å². The van der Waals surface area contributed by atoms with Gasteiger partial charge in [0.15, 0.2) is 10.8 Å². The highest BCUT2D eigenvalue weighted by Gasteiger charge is 2.16. The Morgan fingerprint density at radius 2 is 1.68 bits per heavy atom. The Labute approximate surface area is 234 Å². The van der Waals surface area contributed by atoms with Gasteiger partial charge in [-0.1, -0.05) is 70.6 Å². The van der Waals surface area contributed by atoms with Crippen LogP contribution in [0, 0.1) is 5.92 Å². The molecule has 1 aromatic carbocycles. The average molecular weight is 545 g/mol. The molecule has 0 spiro atoms. The van der Waals surface area contributed by atoms with Gasteiger partial charge < -0.3 is 9.84 Å². The quantitative estimate of drug-likeness (QED) is 0.239. The number of Topliss-reactive ketones (excluding diaryl/α,β-unsaturated/α-hetero) is 1. The zero-order valence-corrected chi connectivity index (χ0v) is 24.9. The molecular weight excluding hydrogens is 496 g/mol. The number of aliphatic hydroxyl groups excluding tert-OH is 1. The fourth-order valence-corrected chi connectivity index (χ4v) is 4.29. The number of aromatic nitrogens is 2. The maximum Gasteiger partial charge on any atom is 0.338 e. The molecule has 38 heavy (non-hydrogen) atoms. The minimum absolute atomic E-state index is 0. The minimum atomic E-state index is -0.256. The molecule has 0 saturated carbocycles. The Bertz CT molecular complexity index is 1040. The van der Waals surface area contributed by atoms with E-state index in [1.54, 1.807) is 19.1 Å². The van der Waals surface area contributed by atoms with E-state index in [1.807, 2.05) is 25.1 Å². The van der Waals surface area contributed by atoms with E-state index in [4.69, 9.17) is 9.84 Å². The Morgan fingerprint density at radius 3 is 2.24 bits per heavy atom. The van der Waals surface area contributed by atoms with Crippen LogP contribution in [-0.4, -0.2) is 40.0 Å². The number of hydrogen-bond acceptors (Lipinski definition) is 7. The van der Waals surface area contributed by atoms with Crippen LogP contribution >= 0.6 is 11.3 Å². The van der Waals surface area contributed by atoms with Crippen molar-refractivity contribution in [3.05, 3.63) is 58.2 Å². The highest BCUT2D eigenvalue weighted by Crippen LogP contribution is 2.27. The summed E-state index contributed by atoms with van der Waals surface area (Å²) >= 11 is 1.45. The summed E-state index contributed by atoms with van der Waals surface area (Å²) in [6.45, 7) is 13.1. The Hall–Kier alpha value is -2.64. The van der Waals surface area contributed by atoms with Crippen LogP contribution in [0.4, 0.5) is 0 Å². The first-order valence-electron chi connectivity index (χ1n) is 13.9. The highest BCUT2D eigenvalue weighted by molar-refractivity contribution is 7.19. The summed E-state index contributed by atoms with van der Waals surface area (Å²) in [5, 5.41) is 8.69. The zero-order valence-electron chi connectivity index (χ0n) is 24.1. The van der Waals surface area contributed by atoms with E-state index < -0.39 is 0 Å². The topological polar surface area (TPSA) is 89.4 Å². The summed E-state index contributed by atoms with van der Waals surface area (Å²) in [5.74, 6) is 0.728. The van der Waals surface area contributed by atoms with Crippen molar-refractivity contribution in [3.8, 4) is 0 Å². The van der Waals surface area contributed by atoms with Crippen LogP contribution < -0.4 is 0 Å². The van der Waals surface area contributed by atoms with Crippen LogP contribution in [0.25, 0.3) is 10.3 Å². The summed E-state index contributed by atoms with van der Waals surface area (Å²) < 4.78 is 4.79. The van der Waals surface area contributed by atoms with Gasteiger partial charge in [0.2, 0.25) is 0 Å². The van der Waals surface area contributed by atoms with Crippen LogP contribution in [-0.2, 0) is 17.6 Å². The van der Waals surface area contributed by atoms with Crippen LogP contribution in [0.2, 0.25) is 0 Å². The number of pyridine rings is 1. The molecule has 0 radical (unpaired) electrons. The predicted octanol–water partition coefficient (Wildman–Crippen LogP) is 8.10. The molecule has 3 aromatic rings. The standard InChI is InChI=1S/C14H16N2OS.C9H10O2.C4H10O.C4H10.H2/c1-2-5-12(17)14-16-11-8-9-6-3-4-7-10(9)15-13(11)18-14;1-2-11-9(10)8-6-4-3-5-7-8;1-2-3-4-5;1-4(2)3;/h8H,2-7H2,1H3;3-7H,2H2,1H3;5H,2-4H2,1H3;4H,1-3H3;1H. The number of esters is 1. The van der Waals surface area contributed by atoms with E-state index in [1.165, 1.54) is 35.4 Å². The molecule has 0 fully saturated rings. The Morgan fingerprint density at radius 1 is 1.03 bits per heavy atom. The number of hydrogen-bond donors (Lipinski definition) is 1. The molecule has 0 saturated heterocycles. The first-order chi connectivity index (χ1) is 18.3. The number of thiazole rings is 1. The predicted molar refractivity (Wildman–Crippen MR) is 160 cm³/mol.